The van der Waals surface area contributed by atoms with Crippen molar-refractivity contribution >= 4 is 11.9 Å². The van der Waals surface area contributed by atoms with Crippen LogP contribution < -0.4 is 10.6 Å². The van der Waals surface area contributed by atoms with Crippen LogP contribution in [0.5, 0.6) is 0 Å². The predicted molar refractivity (Wildman–Crippen MR) is 101 cm³/mol. The monoisotopic (exact) mass is 374 g/mol. The van der Waals surface area contributed by atoms with Crippen molar-refractivity contribution in [2.45, 2.75) is 56.5 Å². The van der Waals surface area contributed by atoms with E-state index in [2.05, 4.69) is 25.5 Å². The third kappa shape index (κ3) is 5.00. The normalized spacial score (nSPS) is 24.6. The Hall–Kier alpha value is -2.09. The van der Waals surface area contributed by atoms with E-state index in [9.17, 15) is 9.59 Å². The first-order valence-corrected chi connectivity index (χ1v) is 10.2. The third-order valence-electron chi connectivity index (χ3n) is 5.84. The average Bonchev–Trinajstić information content (AvgIpc) is 3.31. The van der Waals surface area contributed by atoms with Gasteiger partial charge in [-0.05, 0) is 38.5 Å². The van der Waals surface area contributed by atoms with E-state index in [1.807, 2.05) is 11.1 Å². The molecular weight excluding hydrogens is 344 g/mol. The fraction of sp³-hybridized carbons (Fsp3) is 0.737. The molecule has 27 heavy (non-hydrogen) atoms. The highest BCUT2D eigenvalue weighted by molar-refractivity contribution is 5.78. The molecule has 1 aliphatic carbocycles. The lowest BCUT2D eigenvalue weighted by Crippen LogP contribution is -2.52. The molecule has 0 aromatic carbocycles. The fourth-order valence-corrected chi connectivity index (χ4v) is 4.09. The van der Waals surface area contributed by atoms with E-state index in [0.29, 0.717) is 18.5 Å². The number of aromatic nitrogens is 2. The molecule has 1 saturated carbocycles. The zero-order chi connectivity index (χ0) is 18.6. The summed E-state index contributed by atoms with van der Waals surface area (Å²) in [7, 11) is 0. The molecule has 148 valence electrons. The van der Waals surface area contributed by atoms with E-state index in [1.54, 1.807) is 6.20 Å². The van der Waals surface area contributed by atoms with Gasteiger partial charge in [-0.3, -0.25) is 9.69 Å². The second-order valence-electron chi connectivity index (χ2n) is 8.10. The van der Waals surface area contributed by atoms with Gasteiger partial charge in [0.05, 0.1) is 6.54 Å². The number of hydrogen-bond acceptors (Lipinski definition) is 4. The maximum Gasteiger partial charge on any atom is 0.317 e. The molecular formula is C19H30N6O2. The molecule has 0 unspecified atom stereocenters. The topological polar surface area (TPSA) is 93.4 Å². The summed E-state index contributed by atoms with van der Waals surface area (Å²) >= 11 is 0. The number of carbonyl (C=O) groups is 2. The molecule has 8 heteroatoms. The van der Waals surface area contributed by atoms with Crippen LogP contribution in [-0.4, -0.2) is 76.5 Å². The van der Waals surface area contributed by atoms with E-state index < -0.39 is 0 Å². The van der Waals surface area contributed by atoms with E-state index in [4.69, 9.17) is 0 Å². The highest BCUT2D eigenvalue weighted by atomic mass is 16.2. The molecule has 2 saturated heterocycles. The summed E-state index contributed by atoms with van der Waals surface area (Å²) in [6.45, 7) is 3.73. The molecule has 1 atom stereocenters. The van der Waals surface area contributed by atoms with Crippen LogP contribution in [0.3, 0.4) is 0 Å². The minimum atomic E-state index is 0.0381. The van der Waals surface area contributed by atoms with Gasteiger partial charge in [0.1, 0.15) is 5.82 Å². The number of carbonyl (C=O) groups excluding carboxylic acids is 2. The number of nitrogens with zero attached hydrogens (tertiary/aromatic N) is 3. The second kappa shape index (κ2) is 8.29. The van der Waals surface area contributed by atoms with E-state index in [1.165, 1.54) is 0 Å². The summed E-state index contributed by atoms with van der Waals surface area (Å²) in [4.78, 5) is 36.2. The van der Waals surface area contributed by atoms with Crippen LogP contribution in [0.1, 0.15) is 50.3 Å². The molecule has 1 aromatic heterocycles. The molecule has 1 aromatic rings. The molecule has 3 amide bonds. The number of rotatable bonds is 5. The van der Waals surface area contributed by atoms with Crippen molar-refractivity contribution in [3.8, 4) is 0 Å². The number of imidazole rings is 1. The van der Waals surface area contributed by atoms with Gasteiger partial charge in [-0.15, -0.1) is 0 Å². The average molecular weight is 374 g/mol. The number of H-pyrrole nitrogens is 1. The van der Waals surface area contributed by atoms with Crippen LogP contribution in [0.15, 0.2) is 12.4 Å². The van der Waals surface area contributed by atoms with Gasteiger partial charge in [0.25, 0.3) is 0 Å². The van der Waals surface area contributed by atoms with Crippen LogP contribution >= 0.6 is 0 Å². The quantitative estimate of drug-likeness (QED) is 0.718. The summed E-state index contributed by atoms with van der Waals surface area (Å²) in [6, 6.07) is 0.657. The lowest BCUT2D eigenvalue weighted by atomic mass is 9.97. The Morgan fingerprint density at radius 2 is 1.85 bits per heavy atom. The van der Waals surface area contributed by atoms with Crippen LogP contribution in [0, 0.1) is 0 Å². The van der Waals surface area contributed by atoms with Crippen molar-refractivity contribution in [1.82, 2.24) is 30.4 Å². The first kappa shape index (κ1) is 18.3. The van der Waals surface area contributed by atoms with Crippen LogP contribution in [0.4, 0.5) is 4.79 Å². The van der Waals surface area contributed by atoms with Gasteiger partial charge >= 0.3 is 6.03 Å². The van der Waals surface area contributed by atoms with Crippen molar-refractivity contribution in [1.29, 1.82) is 0 Å². The van der Waals surface area contributed by atoms with Gasteiger partial charge in [-0.1, -0.05) is 0 Å². The molecule has 3 fully saturated rings. The Kier molecular flexibility index (Phi) is 5.61. The lowest BCUT2D eigenvalue weighted by molar-refractivity contribution is -0.122. The number of nitrogens with one attached hydrogen (secondary N) is 3. The highest BCUT2D eigenvalue weighted by Gasteiger charge is 2.29. The number of aromatic amines is 1. The first-order valence-electron chi connectivity index (χ1n) is 10.2. The van der Waals surface area contributed by atoms with Crippen LogP contribution in [-0.2, 0) is 4.79 Å². The van der Waals surface area contributed by atoms with Crippen molar-refractivity contribution < 1.29 is 9.59 Å². The van der Waals surface area contributed by atoms with Crippen molar-refractivity contribution in [2.24, 2.45) is 0 Å². The number of piperidine rings is 2. The number of urea groups is 1. The summed E-state index contributed by atoms with van der Waals surface area (Å²) in [5.41, 5.74) is 0. The minimum Gasteiger partial charge on any atom is -0.352 e. The molecule has 3 heterocycles. The van der Waals surface area contributed by atoms with Crippen LogP contribution in [0.25, 0.3) is 0 Å². The van der Waals surface area contributed by atoms with Gasteiger partial charge in [0.2, 0.25) is 5.91 Å². The molecule has 3 N–H and O–H groups in total. The summed E-state index contributed by atoms with van der Waals surface area (Å²) < 4.78 is 0. The largest absolute Gasteiger partial charge is 0.352 e. The number of hydrogen-bond donors (Lipinski definition) is 3. The van der Waals surface area contributed by atoms with Crippen molar-refractivity contribution in [3.05, 3.63) is 18.2 Å². The standard InChI is InChI=1S/C19H30N6O2/c26-17(22-15-3-4-15)13-24-10-5-16(6-11-24)23-19(27)25-9-1-2-14(12-25)18-20-7-8-21-18/h7-8,14-16H,1-6,9-13H2,(H,20,21)(H,22,26)(H,23,27)/t14-/m0/s1. The molecule has 0 spiro atoms. The van der Waals surface area contributed by atoms with E-state index in [0.717, 1.165) is 70.5 Å². The van der Waals surface area contributed by atoms with Crippen LogP contribution in [0.2, 0.25) is 0 Å². The van der Waals surface area contributed by atoms with Crippen molar-refractivity contribution in [2.75, 3.05) is 32.7 Å². The zero-order valence-electron chi connectivity index (χ0n) is 15.8. The Morgan fingerprint density at radius 3 is 2.56 bits per heavy atom. The Morgan fingerprint density at radius 1 is 1.07 bits per heavy atom. The Balaban J connectivity index is 1.19. The van der Waals surface area contributed by atoms with Gasteiger partial charge in [0.15, 0.2) is 0 Å². The number of amides is 3. The first-order chi connectivity index (χ1) is 13.2. The minimum absolute atomic E-state index is 0.0381. The van der Waals surface area contributed by atoms with E-state index >= 15 is 0 Å². The SMILES string of the molecule is O=C(CN1CCC(NC(=O)N2CCC[C@H](c3ncc[nH]3)C2)CC1)NC1CC1. The lowest BCUT2D eigenvalue weighted by Gasteiger charge is -2.36. The summed E-state index contributed by atoms with van der Waals surface area (Å²) in [6.07, 6.45) is 9.73. The summed E-state index contributed by atoms with van der Waals surface area (Å²) in [5.74, 6) is 1.41. The Bertz CT molecular complexity index is 637. The maximum atomic E-state index is 12.7. The Labute approximate surface area is 160 Å². The molecule has 3 aliphatic rings. The van der Waals surface area contributed by atoms with Gasteiger partial charge < -0.3 is 20.5 Å². The molecule has 0 bridgehead atoms. The number of likely N-dealkylation sites (tertiary alicyclic amines) is 2. The zero-order valence-corrected chi connectivity index (χ0v) is 15.8. The summed E-state index contributed by atoms with van der Waals surface area (Å²) in [5, 5.41) is 6.24. The van der Waals surface area contributed by atoms with Crippen molar-refractivity contribution in [3.63, 3.8) is 0 Å². The molecule has 0 radical (unpaired) electrons. The molecule has 8 nitrogen and oxygen atoms in total. The molecule has 2 aliphatic heterocycles. The second-order valence-corrected chi connectivity index (χ2v) is 8.10. The maximum absolute atomic E-state index is 12.7. The molecule has 4 rings (SSSR count). The predicted octanol–water partition coefficient (Wildman–Crippen LogP) is 1.04. The van der Waals surface area contributed by atoms with Gasteiger partial charge in [0, 0.05) is 56.6 Å². The van der Waals surface area contributed by atoms with Gasteiger partial charge in [-0.2, -0.15) is 0 Å². The van der Waals surface area contributed by atoms with Gasteiger partial charge in [-0.25, -0.2) is 9.78 Å². The van der Waals surface area contributed by atoms with E-state index in [-0.39, 0.29) is 18.0 Å². The fourth-order valence-electron chi connectivity index (χ4n) is 4.09. The third-order valence-corrected chi connectivity index (χ3v) is 5.84. The smallest absolute Gasteiger partial charge is 0.317 e. The highest BCUT2D eigenvalue weighted by Crippen LogP contribution is 2.24.